The molecule has 1 atom stereocenters. The summed E-state index contributed by atoms with van der Waals surface area (Å²) in [7, 11) is 0. The summed E-state index contributed by atoms with van der Waals surface area (Å²) in [6.45, 7) is 4.39. The summed E-state index contributed by atoms with van der Waals surface area (Å²) >= 11 is 0. The molecule has 3 heterocycles. The van der Waals surface area contributed by atoms with Crippen molar-refractivity contribution in [2.24, 2.45) is 0 Å². The largest absolute Gasteiger partial charge is 0.347 e. The minimum atomic E-state index is -0.240. The summed E-state index contributed by atoms with van der Waals surface area (Å²) in [6.07, 6.45) is 8.55. The third kappa shape index (κ3) is 5.91. The predicted octanol–water partition coefficient (Wildman–Crippen LogP) is 2.08. The molecule has 31 heavy (non-hydrogen) atoms. The van der Waals surface area contributed by atoms with Gasteiger partial charge in [-0.1, -0.05) is 48.4 Å². The number of nitrogens with one attached hydrogen (secondary N) is 1. The van der Waals surface area contributed by atoms with Gasteiger partial charge in [0.1, 0.15) is 0 Å². The quantitative estimate of drug-likeness (QED) is 0.736. The second-order valence-corrected chi connectivity index (χ2v) is 8.57. The maximum absolute atomic E-state index is 12.9. The van der Waals surface area contributed by atoms with Crippen LogP contribution in [0, 0.1) is 0 Å². The van der Waals surface area contributed by atoms with E-state index in [-0.39, 0.29) is 17.9 Å². The van der Waals surface area contributed by atoms with Gasteiger partial charge in [-0.2, -0.15) is 0 Å². The Hall–Kier alpha value is -2.74. The van der Waals surface area contributed by atoms with Gasteiger partial charge >= 0.3 is 0 Å². The fraction of sp³-hybridized carbons (Fsp3) is 0.565. The summed E-state index contributed by atoms with van der Waals surface area (Å²) < 4.78 is 1.69. The number of carbonyl (C=O) groups excluding carboxylic acids is 2. The molecule has 2 aliphatic heterocycles. The van der Waals surface area contributed by atoms with E-state index in [1.807, 2.05) is 35.2 Å². The summed E-state index contributed by atoms with van der Waals surface area (Å²) in [4.78, 5) is 29.6. The topological polar surface area (TPSA) is 83.4 Å². The molecule has 0 spiro atoms. The second-order valence-electron chi connectivity index (χ2n) is 8.57. The van der Waals surface area contributed by atoms with E-state index in [1.54, 1.807) is 10.9 Å². The van der Waals surface area contributed by atoms with E-state index in [9.17, 15) is 9.59 Å². The molecular weight excluding hydrogens is 392 g/mol. The number of rotatable bonds is 7. The van der Waals surface area contributed by atoms with Crippen LogP contribution >= 0.6 is 0 Å². The highest BCUT2D eigenvalue weighted by Gasteiger charge is 2.30. The standard InChI is InChI=1S/C23H32N6O2/c30-22(18-27-12-6-1-2-7-13-27)29-14-8-11-20(29)16-28-17-21(25-26-28)23(31)24-15-19-9-4-3-5-10-19/h3-5,9-10,17,20H,1-2,6-8,11-16,18H2,(H,24,31)/t20-/m0/s1. The number of amides is 2. The lowest BCUT2D eigenvalue weighted by molar-refractivity contribution is -0.133. The van der Waals surface area contributed by atoms with Crippen molar-refractivity contribution in [1.29, 1.82) is 0 Å². The number of likely N-dealkylation sites (tertiary alicyclic amines) is 2. The van der Waals surface area contributed by atoms with Crippen molar-refractivity contribution in [3.05, 3.63) is 47.8 Å². The van der Waals surface area contributed by atoms with E-state index in [4.69, 9.17) is 0 Å². The number of hydrogen-bond acceptors (Lipinski definition) is 5. The zero-order valence-corrected chi connectivity index (χ0v) is 18.1. The van der Waals surface area contributed by atoms with E-state index < -0.39 is 0 Å². The van der Waals surface area contributed by atoms with Gasteiger partial charge in [0.15, 0.2) is 5.69 Å². The number of aromatic nitrogens is 3. The van der Waals surface area contributed by atoms with Gasteiger partial charge in [-0.3, -0.25) is 14.5 Å². The molecule has 1 N–H and O–H groups in total. The molecule has 8 heteroatoms. The Morgan fingerprint density at radius 3 is 2.55 bits per heavy atom. The maximum Gasteiger partial charge on any atom is 0.273 e. The van der Waals surface area contributed by atoms with Gasteiger partial charge in [0.05, 0.1) is 25.3 Å². The molecule has 2 fully saturated rings. The average molecular weight is 425 g/mol. The Morgan fingerprint density at radius 2 is 1.77 bits per heavy atom. The molecule has 0 aliphatic carbocycles. The van der Waals surface area contributed by atoms with E-state index in [0.717, 1.165) is 38.0 Å². The van der Waals surface area contributed by atoms with E-state index in [0.29, 0.717) is 25.3 Å². The molecule has 0 saturated carbocycles. The molecule has 2 aliphatic rings. The van der Waals surface area contributed by atoms with Crippen molar-refractivity contribution in [2.75, 3.05) is 26.2 Å². The molecule has 4 rings (SSSR count). The smallest absolute Gasteiger partial charge is 0.273 e. The van der Waals surface area contributed by atoms with Gasteiger partial charge in [0.25, 0.3) is 5.91 Å². The fourth-order valence-electron chi connectivity index (χ4n) is 4.51. The molecule has 166 valence electrons. The zero-order valence-electron chi connectivity index (χ0n) is 18.1. The number of nitrogens with zero attached hydrogens (tertiary/aromatic N) is 5. The molecule has 0 radical (unpaired) electrons. The van der Waals surface area contributed by atoms with E-state index in [2.05, 4.69) is 20.5 Å². The van der Waals surface area contributed by atoms with Gasteiger partial charge < -0.3 is 10.2 Å². The molecule has 1 aromatic carbocycles. The van der Waals surface area contributed by atoms with Crippen LogP contribution in [0.25, 0.3) is 0 Å². The van der Waals surface area contributed by atoms with Crippen LogP contribution in [-0.2, 0) is 17.9 Å². The third-order valence-electron chi connectivity index (χ3n) is 6.22. The van der Waals surface area contributed by atoms with Gasteiger partial charge in [-0.15, -0.1) is 5.10 Å². The lowest BCUT2D eigenvalue weighted by Crippen LogP contribution is -2.44. The average Bonchev–Trinajstić information content (AvgIpc) is 3.38. The summed E-state index contributed by atoms with van der Waals surface area (Å²) in [6, 6.07) is 9.88. The van der Waals surface area contributed by atoms with Crippen molar-refractivity contribution in [1.82, 2.24) is 30.1 Å². The van der Waals surface area contributed by atoms with E-state index in [1.165, 1.54) is 25.7 Å². The van der Waals surface area contributed by atoms with Crippen LogP contribution in [0.2, 0.25) is 0 Å². The monoisotopic (exact) mass is 424 g/mol. The Morgan fingerprint density at radius 1 is 1.00 bits per heavy atom. The van der Waals surface area contributed by atoms with Gasteiger partial charge in [-0.05, 0) is 44.3 Å². The Kier molecular flexibility index (Phi) is 7.30. The molecule has 0 unspecified atom stereocenters. The third-order valence-corrected chi connectivity index (χ3v) is 6.22. The minimum absolute atomic E-state index is 0.112. The lowest BCUT2D eigenvalue weighted by atomic mass is 10.2. The highest BCUT2D eigenvalue weighted by Crippen LogP contribution is 2.20. The van der Waals surface area contributed by atoms with Crippen LogP contribution in [0.4, 0.5) is 0 Å². The highest BCUT2D eigenvalue weighted by molar-refractivity contribution is 5.91. The highest BCUT2D eigenvalue weighted by atomic mass is 16.2. The van der Waals surface area contributed by atoms with Crippen LogP contribution in [0.1, 0.15) is 54.6 Å². The summed E-state index contributed by atoms with van der Waals surface area (Å²) in [5.41, 5.74) is 1.34. The number of hydrogen-bond donors (Lipinski definition) is 1. The summed E-state index contributed by atoms with van der Waals surface area (Å²) in [5.74, 6) is -0.0269. The molecule has 0 bridgehead atoms. The van der Waals surface area contributed by atoms with Crippen LogP contribution in [0.5, 0.6) is 0 Å². The van der Waals surface area contributed by atoms with Gasteiger partial charge in [0, 0.05) is 13.1 Å². The second kappa shape index (κ2) is 10.5. The van der Waals surface area contributed by atoms with Crippen molar-refractivity contribution in [2.45, 2.75) is 57.7 Å². The number of benzene rings is 1. The molecule has 8 nitrogen and oxygen atoms in total. The fourth-order valence-corrected chi connectivity index (χ4v) is 4.51. The lowest BCUT2D eigenvalue weighted by Gasteiger charge is -2.28. The molecule has 2 amide bonds. The first-order chi connectivity index (χ1) is 15.2. The van der Waals surface area contributed by atoms with Crippen LogP contribution in [-0.4, -0.2) is 68.8 Å². The zero-order chi connectivity index (χ0) is 21.5. The SMILES string of the molecule is O=C(NCc1ccccc1)c1cn(C[C@@H]2CCCN2C(=O)CN2CCCCCC2)nn1. The van der Waals surface area contributed by atoms with Gasteiger partial charge in [-0.25, -0.2) is 4.68 Å². The van der Waals surface area contributed by atoms with Crippen molar-refractivity contribution in [3.8, 4) is 0 Å². The first-order valence-corrected chi connectivity index (χ1v) is 11.4. The van der Waals surface area contributed by atoms with Gasteiger partial charge in [0.2, 0.25) is 5.91 Å². The Balaban J connectivity index is 1.29. The van der Waals surface area contributed by atoms with Crippen LogP contribution in [0.3, 0.4) is 0 Å². The summed E-state index contributed by atoms with van der Waals surface area (Å²) in [5, 5.41) is 11.0. The molecular formula is C23H32N6O2. The molecule has 2 saturated heterocycles. The van der Waals surface area contributed by atoms with E-state index >= 15 is 0 Å². The van der Waals surface area contributed by atoms with Crippen molar-refractivity contribution >= 4 is 11.8 Å². The molecule has 2 aromatic rings. The Bertz CT molecular complexity index is 860. The molecule has 1 aromatic heterocycles. The first kappa shape index (κ1) is 21.5. The normalized spacial score (nSPS) is 19.9. The van der Waals surface area contributed by atoms with Crippen LogP contribution < -0.4 is 5.32 Å². The number of carbonyl (C=O) groups is 2. The first-order valence-electron chi connectivity index (χ1n) is 11.4. The maximum atomic E-state index is 12.9. The van der Waals surface area contributed by atoms with Crippen molar-refractivity contribution < 1.29 is 9.59 Å². The Labute approximate surface area is 183 Å². The predicted molar refractivity (Wildman–Crippen MR) is 117 cm³/mol. The van der Waals surface area contributed by atoms with Crippen molar-refractivity contribution in [3.63, 3.8) is 0 Å². The van der Waals surface area contributed by atoms with Crippen LogP contribution in [0.15, 0.2) is 36.5 Å². The minimum Gasteiger partial charge on any atom is -0.347 e.